The van der Waals surface area contributed by atoms with E-state index in [2.05, 4.69) is 5.32 Å². The molecule has 0 fully saturated rings. The number of aliphatic hydroxyl groups excluding tert-OH is 1. The van der Waals surface area contributed by atoms with E-state index in [0.29, 0.717) is 17.1 Å². The molecule has 0 bridgehead atoms. The van der Waals surface area contributed by atoms with Crippen LogP contribution in [0.2, 0.25) is 0 Å². The third kappa shape index (κ3) is 4.12. The molecule has 0 aliphatic carbocycles. The number of thioether (sulfide) groups is 1. The molecule has 4 nitrogen and oxygen atoms in total. The summed E-state index contributed by atoms with van der Waals surface area (Å²) in [5, 5.41) is 11.2. The van der Waals surface area contributed by atoms with Gasteiger partial charge in [-0.15, -0.1) is 11.8 Å². The van der Waals surface area contributed by atoms with Crippen molar-refractivity contribution in [3.8, 4) is 0 Å². The third-order valence-electron chi connectivity index (χ3n) is 1.98. The number of carbonyl (C=O) groups excluding carboxylic acids is 1. The van der Waals surface area contributed by atoms with Crippen LogP contribution in [-0.2, 0) is 4.79 Å². The van der Waals surface area contributed by atoms with Crippen molar-refractivity contribution < 1.29 is 9.90 Å². The molecule has 0 spiro atoms. The summed E-state index contributed by atoms with van der Waals surface area (Å²) in [6, 6.07) is 7.05. The standard InChI is InChI=1S/C11H16N2O2S/c1-8(16-6-5-14)11(15)13-10-4-2-3-9(12)7-10/h2-4,7-8,14H,5-6,12H2,1H3,(H,13,15). The zero-order valence-electron chi connectivity index (χ0n) is 9.14. The van der Waals surface area contributed by atoms with Gasteiger partial charge in [-0.2, -0.15) is 0 Å². The predicted molar refractivity (Wildman–Crippen MR) is 68.5 cm³/mol. The van der Waals surface area contributed by atoms with Gasteiger partial charge in [-0.3, -0.25) is 4.79 Å². The van der Waals surface area contributed by atoms with Crippen molar-refractivity contribution in [1.82, 2.24) is 0 Å². The van der Waals surface area contributed by atoms with Crippen molar-refractivity contribution >= 4 is 29.0 Å². The number of benzene rings is 1. The molecule has 5 heteroatoms. The summed E-state index contributed by atoms with van der Waals surface area (Å²) < 4.78 is 0. The number of amides is 1. The highest BCUT2D eigenvalue weighted by molar-refractivity contribution is 8.00. The zero-order valence-corrected chi connectivity index (χ0v) is 9.96. The number of nitrogens with one attached hydrogen (secondary N) is 1. The van der Waals surface area contributed by atoms with Crippen LogP contribution in [0.15, 0.2) is 24.3 Å². The van der Waals surface area contributed by atoms with Crippen LogP contribution in [0.3, 0.4) is 0 Å². The van der Waals surface area contributed by atoms with Crippen molar-refractivity contribution in [3.05, 3.63) is 24.3 Å². The second-order valence-corrected chi connectivity index (χ2v) is 4.80. The first kappa shape index (κ1) is 12.9. The highest BCUT2D eigenvalue weighted by atomic mass is 32.2. The van der Waals surface area contributed by atoms with E-state index in [1.54, 1.807) is 24.3 Å². The number of anilines is 2. The van der Waals surface area contributed by atoms with Gasteiger partial charge in [0.15, 0.2) is 0 Å². The molecule has 88 valence electrons. The average Bonchev–Trinajstić information content (AvgIpc) is 2.25. The first-order chi connectivity index (χ1) is 7.63. The molecule has 1 amide bonds. The van der Waals surface area contributed by atoms with Gasteiger partial charge in [0.1, 0.15) is 0 Å². The predicted octanol–water partition coefficient (Wildman–Crippen LogP) is 1.32. The second-order valence-electron chi connectivity index (χ2n) is 3.35. The fourth-order valence-electron chi connectivity index (χ4n) is 1.17. The lowest BCUT2D eigenvalue weighted by Gasteiger charge is -2.11. The minimum absolute atomic E-state index is 0.0796. The maximum absolute atomic E-state index is 11.7. The van der Waals surface area contributed by atoms with E-state index in [9.17, 15) is 4.79 Å². The number of hydrogen-bond acceptors (Lipinski definition) is 4. The Bertz CT molecular complexity index is 358. The molecule has 1 rings (SSSR count). The highest BCUT2D eigenvalue weighted by Gasteiger charge is 2.12. The summed E-state index contributed by atoms with van der Waals surface area (Å²) in [6.07, 6.45) is 0. The number of carbonyl (C=O) groups is 1. The molecule has 0 saturated carbocycles. The highest BCUT2D eigenvalue weighted by Crippen LogP contribution is 2.15. The van der Waals surface area contributed by atoms with Crippen LogP contribution >= 0.6 is 11.8 Å². The minimum atomic E-state index is -0.186. The number of hydrogen-bond donors (Lipinski definition) is 3. The van der Waals surface area contributed by atoms with Crippen LogP contribution in [0.5, 0.6) is 0 Å². The normalized spacial score (nSPS) is 12.1. The quantitative estimate of drug-likeness (QED) is 0.679. The third-order valence-corrected chi connectivity index (χ3v) is 3.11. The molecule has 0 aliphatic heterocycles. The molecule has 1 atom stereocenters. The molecule has 1 aromatic carbocycles. The van der Waals surface area contributed by atoms with E-state index >= 15 is 0 Å². The van der Waals surface area contributed by atoms with E-state index in [4.69, 9.17) is 10.8 Å². The smallest absolute Gasteiger partial charge is 0.237 e. The maximum Gasteiger partial charge on any atom is 0.237 e. The van der Waals surface area contributed by atoms with Crippen LogP contribution in [0, 0.1) is 0 Å². The first-order valence-electron chi connectivity index (χ1n) is 5.02. The molecule has 16 heavy (non-hydrogen) atoms. The van der Waals surface area contributed by atoms with Crippen molar-refractivity contribution in [3.63, 3.8) is 0 Å². The maximum atomic E-state index is 11.7. The molecule has 1 aromatic rings. The molecule has 0 heterocycles. The Labute approximate surface area is 99.2 Å². The van der Waals surface area contributed by atoms with Crippen LogP contribution in [-0.4, -0.2) is 28.6 Å². The second kappa shape index (κ2) is 6.40. The summed E-state index contributed by atoms with van der Waals surface area (Å²) in [5.74, 6) is 0.481. The number of nitrogen functional groups attached to an aromatic ring is 1. The van der Waals surface area contributed by atoms with E-state index in [1.165, 1.54) is 11.8 Å². The van der Waals surface area contributed by atoms with Gasteiger partial charge in [0.05, 0.1) is 11.9 Å². The Morgan fingerprint density at radius 2 is 2.38 bits per heavy atom. The largest absolute Gasteiger partial charge is 0.399 e. The van der Waals surface area contributed by atoms with Crippen LogP contribution in [0.25, 0.3) is 0 Å². The molecule has 0 aromatic heterocycles. The zero-order chi connectivity index (χ0) is 12.0. The lowest BCUT2D eigenvalue weighted by molar-refractivity contribution is -0.115. The van der Waals surface area contributed by atoms with E-state index in [0.717, 1.165) is 0 Å². The molecule has 0 saturated heterocycles. The van der Waals surface area contributed by atoms with Gasteiger partial charge in [0.2, 0.25) is 5.91 Å². The fraction of sp³-hybridized carbons (Fsp3) is 0.364. The topological polar surface area (TPSA) is 75.3 Å². The van der Waals surface area contributed by atoms with Gasteiger partial charge in [0.25, 0.3) is 0 Å². The molecule has 0 radical (unpaired) electrons. The van der Waals surface area contributed by atoms with Crippen molar-refractivity contribution in [2.75, 3.05) is 23.4 Å². The van der Waals surface area contributed by atoms with Crippen molar-refractivity contribution in [2.45, 2.75) is 12.2 Å². The number of nitrogens with two attached hydrogens (primary N) is 1. The van der Waals surface area contributed by atoms with Gasteiger partial charge in [-0.1, -0.05) is 6.07 Å². The Balaban J connectivity index is 2.50. The van der Waals surface area contributed by atoms with Gasteiger partial charge in [0, 0.05) is 17.1 Å². The van der Waals surface area contributed by atoms with Crippen molar-refractivity contribution in [2.24, 2.45) is 0 Å². The summed E-state index contributed by atoms with van der Waals surface area (Å²) in [4.78, 5) is 11.7. The Hall–Kier alpha value is -1.20. The summed E-state index contributed by atoms with van der Waals surface area (Å²) in [7, 11) is 0. The number of rotatable bonds is 5. The van der Waals surface area contributed by atoms with Gasteiger partial charge < -0.3 is 16.2 Å². The molecule has 1 unspecified atom stereocenters. The molecule has 0 aliphatic rings. The van der Waals surface area contributed by atoms with E-state index in [-0.39, 0.29) is 17.8 Å². The Morgan fingerprint density at radius 3 is 3.00 bits per heavy atom. The lowest BCUT2D eigenvalue weighted by atomic mass is 10.3. The van der Waals surface area contributed by atoms with E-state index in [1.807, 2.05) is 6.92 Å². The van der Waals surface area contributed by atoms with Crippen molar-refractivity contribution in [1.29, 1.82) is 0 Å². The molecular formula is C11H16N2O2S. The van der Waals surface area contributed by atoms with Crippen LogP contribution in [0.1, 0.15) is 6.92 Å². The summed E-state index contributed by atoms with van der Waals surface area (Å²) >= 11 is 1.41. The van der Waals surface area contributed by atoms with Crippen LogP contribution in [0.4, 0.5) is 11.4 Å². The molecular weight excluding hydrogens is 224 g/mol. The molecule has 4 N–H and O–H groups in total. The minimum Gasteiger partial charge on any atom is -0.399 e. The Morgan fingerprint density at radius 1 is 1.62 bits per heavy atom. The lowest BCUT2D eigenvalue weighted by Crippen LogP contribution is -2.23. The van der Waals surface area contributed by atoms with Gasteiger partial charge >= 0.3 is 0 Å². The van der Waals surface area contributed by atoms with E-state index < -0.39 is 0 Å². The average molecular weight is 240 g/mol. The SMILES string of the molecule is CC(SCCO)C(=O)Nc1cccc(N)c1. The summed E-state index contributed by atoms with van der Waals surface area (Å²) in [5.41, 5.74) is 6.92. The fourth-order valence-corrected chi connectivity index (χ4v) is 1.83. The van der Waals surface area contributed by atoms with Gasteiger partial charge in [-0.05, 0) is 25.1 Å². The monoisotopic (exact) mass is 240 g/mol. The van der Waals surface area contributed by atoms with Crippen LogP contribution < -0.4 is 11.1 Å². The Kier molecular flexibility index (Phi) is 5.14. The number of aliphatic hydroxyl groups is 1. The summed E-state index contributed by atoms with van der Waals surface area (Å²) in [6.45, 7) is 1.89. The first-order valence-corrected chi connectivity index (χ1v) is 6.07. The van der Waals surface area contributed by atoms with Gasteiger partial charge in [-0.25, -0.2) is 0 Å².